The molecule has 4 rings (SSSR count). The van der Waals surface area contributed by atoms with E-state index in [1.807, 2.05) is 44.2 Å². The molecule has 44 heavy (non-hydrogen) atoms. The van der Waals surface area contributed by atoms with Gasteiger partial charge in [-0.2, -0.15) is 0 Å². The van der Waals surface area contributed by atoms with Gasteiger partial charge in [0.05, 0.1) is 18.2 Å². The molecular weight excluding hydrogens is 570 g/mol. The Hall–Kier alpha value is -3.41. The maximum atomic E-state index is 14.2. The van der Waals surface area contributed by atoms with Crippen LogP contribution in [0, 0.1) is 17.6 Å². The number of aliphatic hydroxyl groups excluding tert-OH is 2. The molecule has 2 fully saturated rings. The Balaban J connectivity index is 1.64. The molecular formula is C33H44F2N4O5. The van der Waals surface area contributed by atoms with Crippen molar-refractivity contribution in [3.8, 4) is 0 Å². The molecule has 2 aromatic carbocycles. The third-order valence-corrected chi connectivity index (χ3v) is 9.14. The van der Waals surface area contributed by atoms with Gasteiger partial charge < -0.3 is 31.1 Å². The molecule has 11 heteroatoms. The van der Waals surface area contributed by atoms with Crippen LogP contribution < -0.4 is 16.0 Å². The van der Waals surface area contributed by atoms with Crippen LogP contribution in [0.25, 0.3) is 0 Å². The minimum absolute atomic E-state index is 0.0854. The van der Waals surface area contributed by atoms with Crippen molar-refractivity contribution in [1.82, 2.24) is 20.9 Å². The minimum atomic E-state index is -1.20. The largest absolute Gasteiger partial charge is 0.392 e. The lowest BCUT2D eigenvalue weighted by atomic mass is 9.81. The Morgan fingerprint density at radius 2 is 1.82 bits per heavy atom. The number of β-amino-alcohol motifs (C(OH)–C–C–N with tert-alkyl or cyclic N) is 1. The second-order valence-electron chi connectivity index (χ2n) is 12.2. The molecule has 240 valence electrons. The first kappa shape index (κ1) is 33.5. The lowest BCUT2D eigenvalue weighted by molar-refractivity contribution is -0.144. The third-order valence-electron chi connectivity index (χ3n) is 9.14. The highest BCUT2D eigenvalue weighted by Gasteiger charge is 2.53. The molecule has 2 aromatic rings. The van der Waals surface area contributed by atoms with Gasteiger partial charge in [-0.3, -0.25) is 14.4 Å². The van der Waals surface area contributed by atoms with E-state index < -0.39 is 53.4 Å². The van der Waals surface area contributed by atoms with Gasteiger partial charge in [0.15, 0.2) is 0 Å². The second-order valence-corrected chi connectivity index (χ2v) is 12.2. The minimum Gasteiger partial charge on any atom is -0.392 e. The molecule has 0 saturated carbocycles. The van der Waals surface area contributed by atoms with Crippen molar-refractivity contribution in [3.63, 3.8) is 0 Å². The van der Waals surface area contributed by atoms with Gasteiger partial charge in [0, 0.05) is 32.1 Å². The lowest BCUT2D eigenvalue weighted by Gasteiger charge is -2.36. The first-order valence-corrected chi connectivity index (χ1v) is 15.4. The fourth-order valence-electron chi connectivity index (χ4n) is 6.60. The highest BCUT2D eigenvalue weighted by molar-refractivity contribution is 5.96. The SMILES string of the molecule is CC[C@@H](C)[C@@]1(NC(C)=O)CCN([C@@H](CCc2ccccc2)C(=O)N[C@@H](Cc2cc(F)cc(F)c2)[C@@H](O)[C@H]2C[C@H](O)CN2)C1=O. The van der Waals surface area contributed by atoms with Gasteiger partial charge in [0.25, 0.3) is 0 Å². The number of hydrogen-bond acceptors (Lipinski definition) is 6. The summed E-state index contributed by atoms with van der Waals surface area (Å²) in [6, 6.07) is 10.1. The number of aliphatic hydroxyl groups is 2. The smallest absolute Gasteiger partial charge is 0.249 e. The van der Waals surface area contributed by atoms with Gasteiger partial charge in [-0.15, -0.1) is 0 Å². The highest BCUT2D eigenvalue weighted by atomic mass is 19.1. The van der Waals surface area contributed by atoms with Crippen LogP contribution in [0.2, 0.25) is 0 Å². The first-order valence-electron chi connectivity index (χ1n) is 15.4. The van der Waals surface area contributed by atoms with Crippen molar-refractivity contribution in [1.29, 1.82) is 0 Å². The van der Waals surface area contributed by atoms with Gasteiger partial charge in [-0.25, -0.2) is 8.78 Å². The van der Waals surface area contributed by atoms with E-state index in [2.05, 4.69) is 16.0 Å². The number of hydrogen-bond donors (Lipinski definition) is 5. The molecule has 9 nitrogen and oxygen atoms in total. The lowest BCUT2D eigenvalue weighted by Crippen LogP contribution is -2.61. The maximum absolute atomic E-state index is 14.2. The average Bonchev–Trinajstić information content (AvgIpc) is 3.55. The zero-order valence-electron chi connectivity index (χ0n) is 25.6. The van der Waals surface area contributed by atoms with E-state index in [1.165, 1.54) is 11.8 Å². The van der Waals surface area contributed by atoms with Crippen molar-refractivity contribution in [2.75, 3.05) is 13.1 Å². The Labute approximate surface area is 257 Å². The topological polar surface area (TPSA) is 131 Å². The van der Waals surface area contributed by atoms with Crippen LogP contribution in [0.3, 0.4) is 0 Å². The number of amides is 3. The van der Waals surface area contributed by atoms with Crippen LogP contribution in [-0.4, -0.2) is 81.8 Å². The van der Waals surface area contributed by atoms with E-state index in [9.17, 15) is 33.4 Å². The predicted octanol–water partition coefficient (Wildman–Crippen LogP) is 2.23. The van der Waals surface area contributed by atoms with Crippen molar-refractivity contribution < 1.29 is 33.4 Å². The number of carbonyl (C=O) groups is 3. The monoisotopic (exact) mass is 614 g/mol. The molecule has 0 aliphatic carbocycles. The van der Waals surface area contributed by atoms with Gasteiger partial charge in [-0.1, -0.05) is 50.6 Å². The van der Waals surface area contributed by atoms with Crippen LogP contribution in [0.4, 0.5) is 8.78 Å². The summed E-state index contributed by atoms with van der Waals surface area (Å²) in [5, 5.41) is 30.3. The molecule has 0 radical (unpaired) electrons. The highest BCUT2D eigenvalue weighted by Crippen LogP contribution is 2.34. The number of likely N-dealkylation sites (tertiary alicyclic amines) is 1. The Morgan fingerprint density at radius 3 is 2.41 bits per heavy atom. The number of nitrogens with zero attached hydrogens (tertiary/aromatic N) is 1. The Kier molecular flexibility index (Phi) is 11.1. The summed E-state index contributed by atoms with van der Waals surface area (Å²) in [5.74, 6) is -2.92. The number of carbonyl (C=O) groups excluding carboxylic acids is 3. The van der Waals surface area contributed by atoms with Crippen molar-refractivity contribution >= 4 is 17.7 Å². The van der Waals surface area contributed by atoms with E-state index in [0.717, 1.165) is 23.8 Å². The molecule has 0 unspecified atom stereocenters. The van der Waals surface area contributed by atoms with Crippen LogP contribution in [0.15, 0.2) is 48.5 Å². The fraction of sp³-hybridized carbons (Fsp3) is 0.545. The Bertz CT molecular complexity index is 1290. The predicted molar refractivity (Wildman–Crippen MR) is 161 cm³/mol. The number of halogens is 2. The summed E-state index contributed by atoms with van der Waals surface area (Å²) < 4.78 is 28.2. The molecule has 2 aliphatic heterocycles. The molecule has 2 saturated heterocycles. The van der Waals surface area contributed by atoms with Gasteiger partial charge >= 0.3 is 0 Å². The van der Waals surface area contributed by atoms with Crippen LogP contribution in [0.1, 0.15) is 57.6 Å². The van der Waals surface area contributed by atoms with Crippen LogP contribution in [-0.2, 0) is 27.2 Å². The first-order chi connectivity index (χ1) is 20.9. The normalized spacial score (nSPS) is 24.5. The zero-order valence-corrected chi connectivity index (χ0v) is 25.6. The van der Waals surface area contributed by atoms with Crippen LogP contribution >= 0.6 is 0 Å². The average molecular weight is 615 g/mol. The second kappa shape index (κ2) is 14.6. The molecule has 2 heterocycles. The summed E-state index contributed by atoms with van der Waals surface area (Å²) in [5.41, 5.74) is 0.0706. The quantitative estimate of drug-likeness (QED) is 0.235. The molecule has 3 amide bonds. The van der Waals surface area contributed by atoms with Gasteiger partial charge in [0.1, 0.15) is 23.2 Å². The number of rotatable bonds is 13. The molecule has 0 aromatic heterocycles. The molecule has 7 atom stereocenters. The van der Waals surface area contributed by atoms with E-state index >= 15 is 0 Å². The van der Waals surface area contributed by atoms with Crippen molar-refractivity contribution in [2.45, 2.75) is 95.2 Å². The maximum Gasteiger partial charge on any atom is 0.249 e. The molecule has 2 aliphatic rings. The van der Waals surface area contributed by atoms with Crippen molar-refractivity contribution in [3.05, 3.63) is 71.3 Å². The molecule has 5 N–H and O–H groups in total. The summed E-state index contributed by atoms with van der Waals surface area (Å²) in [7, 11) is 0. The van der Waals surface area contributed by atoms with E-state index in [-0.39, 0.29) is 55.6 Å². The third kappa shape index (κ3) is 7.80. The standard InChI is InChI=1S/C33H44F2N4O5/c1-4-20(2)33(38-21(3)40)12-13-39(32(33)44)29(11-10-22-8-6-5-7-9-22)31(43)37-28(30(42)27-18-26(41)19-36-27)16-23-14-24(34)17-25(35)15-23/h5-9,14-15,17,20,26-30,36,41-42H,4,10-13,16,18-19H2,1-3H3,(H,37,43)(H,38,40)/t20-,26+,27-,28+,29+,30+,33+/m1/s1. The van der Waals surface area contributed by atoms with Gasteiger partial charge in [-0.05, 0) is 61.3 Å². The summed E-state index contributed by atoms with van der Waals surface area (Å²) >= 11 is 0. The van der Waals surface area contributed by atoms with E-state index in [0.29, 0.717) is 19.3 Å². The number of benzene rings is 2. The fourth-order valence-corrected chi connectivity index (χ4v) is 6.60. The molecule has 0 spiro atoms. The van der Waals surface area contributed by atoms with E-state index in [4.69, 9.17) is 0 Å². The number of nitrogens with one attached hydrogen (secondary N) is 3. The van der Waals surface area contributed by atoms with Gasteiger partial charge in [0.2, 0.25) is 17.7 Å². The molecule has 0 bridgehead atoms. The number of aryl methyl sites for hydroxylation is 1. The zero-order chi connectivity index (χ0) is 32.0. The Morgan fingerprint density at radius 1 is 1.14 bits per heavy atom. The van der Waals surface area contributed by atoms with E-state index in [1.54, 1.807) is 0 Å². The summed E-state index contributed by atoms with van der Waals surface area (Å²) in [6.45, 7) is 5.73. The summed E-state index contributed by atoms with van der Waals surface area (Å²) in [4.78, 5) is 42.0. The summed E-state index contributed by atoms with van der Waals surface area (Å²) in [6.07, 6.45) is 0.00608. The van der Waals surface area contributed by atoms with Crippen LogP contribution in [0.5, 0.6) is 0 Å². The van der Waals surface area contributed by atoms with Crippen molar-refractivity contribution in [2.24, 2.45) is 5.92 Å².